The number of hydrogen-bond donors (Lipinski definition) is 3. The molecule has 4 heteroatoms. The van der Waals surface area contributed by atoms with E-state index in [1.807, 2.05) is 42.6 Å². The van der Waals surface area contributed by atoms with Crippen molar-refractivity contribution in [1.29, 1.82) is 0 Å². The maximum absolute atomic E-state index is 5.75. The quantitative estimate of drug-likeness (QED) is 0.672. The number of dihydropyridines is 1. The van der Waals surface area contributed by atoms with Gasteiger partial charge < -0.3 is 16.0 Å². The molecule has 3 rings (SSSR count). The average Bonchev–Trinajstić information content (AvgIpc) is 2.72. The van der Waals surface area contributed by atoms with Gasteiger partial charge in [-0.2, -0.15) is 0 Å². The molecule has 0 aliphatic carbocycles. The Hall–Kier alpha value is -2.23. The van der Waals surface area contributed by atoms with Crippen molar-refractivity contribution >= 4 is 11.0 Å². The number of nitrogens with one attached hydrogen (secondary N) is 2. The fraction of sp³-hybridized carbons (Fsp3) is 0.0833. The maximum Gasteiger partial charge on any atom is 0.133 e. The van der Waals surface area contributed by atoms with E-state index < -0.39 is 0 Å². The topological polar surface area (TPSA) is 66.7 Å². The lowest BCUT2D eigenvalue weighted by atomic mass is 10.2. The smallest absolute Gasteiger partial charge is 0.133 e. The summed E-state index contributed by atoms with van der Waals surface area (Å²) < 4.78 is 0. The van der Waals surface area contributed by atoms with E-state index in [4.69, 9.17) is 5.73 Å². The van der Waals surface area contributed by atoms with Gasteiger partial charge in [0.2, 0.25) is 0 Å². The van der Waals surface area contributed by atoms with Gasteiger partial charge in [0.15, 0.2) is 0 Å². The molecule has 16 heavy (non-hydrogen) atoms. The number of H-pyrrole nitrogens is 1. The summed E-state index contributed by atoms with van der Waals surface area (Å²) in [6, 6.07) is 7.99. The molecule has 1 aromatic heterocycles. The number of benzene rings is 1. The normalized spacial score (nSPS) is 19.5. The lowest BCUT2D eigenvalue weighted by Crippen LogP contribution is -2.19. The Morgan fingerprint density at radius 3 is 2.94 bits per heavy atom. The Morgan fingerprint density at radius 1 is 1.25 bits per heavy atom. The first kappa shape index (κ1) is 9.03. The maximum atomic E-state index is 5.75. The molecule has 0 bridgehead atoms. The molecule has 1 aromatic carbocycles. The van der Waals surface area contributed by atoms with Gasteiger partial charge in [0, 0.05) is 5.70 Å². The third-order valence-corrected chi connectivity index (χ3v) is 2.61. The minimum Gasteiger partial charge on any atom is -0.399 e. The molecule has 2 aromatic rings. The molecule has 0 amide bonds. The van der Waals surface area contributed by atoms with Crippen LogP contribution in [0.4, 0.5) is 0 Å². The van der Waals surface area contributed by atoms with Gasteiger partial charge in [-0.3, -0.25) is 0 Å². The van der Waals surface area contributed by atoms with Crippen molar-refractivity contribution < 1.29 is 0 Å². The largest absolute Gasteiger partial charge is 0.399 e. The van der Waals surface area contributed by atoms with Gasteiger partial charge >= 0.3 is 0 Å². The van der Waals surface area contributed by atoms with Crippen LogP contribution in [0.25, 0.3) is 11.0 Å². The number of imidazole rings is 1. The second kappa shape index (κ2) is 3.41. The van der Waals surface area contributed by atoms with Gasteiger partial charge in [-0.15, -0.1) is 0 Å². The molecule has 4 N–H and O–H groups in total. The number of nitrogens with two attached hydrogens (primary N) is 1. The van der Waals surface area contributed by atoms with E-state index in [0.717, 1.165) is 22.6 Å². The summed E-state index contributed by atoms with van der Waals surface area (Å²) in [5.74, 6) is 0.883. The van der Waals surface area contributed by atoms with Crippen LogP contribution in [0.1, 0.15) is 11.9 Å². The molecule has 0 saturated carbocycles. The number of aromatic amines is 1. The van der Waals surface area contributed by atoms with Crippen molar-refractivity contribution in [3.8, 4) is 0 Å². The first-order valence-corrected chi connectivity index (χ1v) is 5.17. The summed E-state index contributed by atoms with van der Waals surface area (Å²) >= 11 is 0. The zero-order valence-electron chi connectivity index (χ0n) is 8.64. The highest BCUT2D eigenvalue weighted by Crippen LogP contribution is 2.19. The highest BCUT2D eigenvalue weighted by atomic mass is 15.0. The van der Waals surface area contributed by atoms with Crippen LogP contribution in [0.3, 0.4) is 0 Å². The summed E-state index contributed by atoms with van der Waals surface area (Å²) in [6.45, 7) is 0. The van der Waals surface area contributed by atoms with E-state index in [-0.39, 0.29) is 6.04 Å². The average molecular weight is 212 g/mol. The molecule has 2 heterocycles. The first-order valence-electron chi connectivity index (χ1n) is 5.17. The fourth-order valence-corrected chi connectivity index (χ4v) is 1.82. The van der Waals surface area contributed by atoms with Crippen LogP contribution in [-0.4, -0.2) is 9.97 Å². The molecule has 1 aliphatic heterocycles. The molecular formula is C12H12N4. The second-order valence-electron chi connectivity index (χ2n) is 3.78. The van der Waals surface area contributed by atoms with Crippen LogP contribution < -0.4 is 11.1 Å². The van der Waals surface area contributed by atoms with Crippen molar-refractivity contribution in [2.24, 2.45) is 5.73 Å². The number of allylic oxidation sites excluding steroid dienone is 1. The summed E-state index contributed by atoms with van der Waals surface area (Å²) in [5.41, 5.74) is 8.52. The fourth-order valence-electron chi connectivity index (χ4n) is 1.82. The minimum absolute atomic E-state index is 0.0254. The molecule has 1 atom stereocenters. The van der Waals surface area contributed by atoms with Gasteiger partial charge in [0.25, 0.3) is 0 Å². The highest BCUT2D eigenvalue weighted by molar-refractivity contribution is 5.74. The van der Waals surface area contributed by atoms with E-state index in [1.165, 1.54) is 0 Å². The lowest BCUT2D eigenvalue weighted by Gasteiger charge is -2.14. The molecule has 0 radical (unpaired) electrons. The second-order valence-corrected chi connectivity index (χ2v) is 3.78. The van der Waals surface area contributed by atoms with Gasteiger partial charge in [0.05, 0.1) is 11.0 Å². The summed E-state index contributed by atoms with van der Waals surface area (Å²) in [5, 5.41) is 3.20. The van der Waals surface area contributed by atoms with Crippen LogP contribution in [0.15, 0.2) is 48.3 Å². The van der Waals surface area contributed by atoms with Gasteiger partial charge in [-0.1, -0.05) is 12.1 Å². The Morgan fingerprint density at radius 2 is 2.12 bits per heavy atom. The monoisotopic (exact) mass is 212 g/mol. The SMILES string of the molecule is NC1=CC(c2nc3ccccc3[nH]2)NC=C1. The number of fused-ring (bicyclic) bond motifs is 1. The standard InChI is InChI=1S/C12H12N4/c13-8-5-6-14-11(7-8)12-15-9-3-1-2-4-10(9)16-12/h1-7,11,14H,13H2,(H,15,16). The Kier molecular flexibility index (Phi) is 1.93. The van der Waals surface area contributed by atoms with Crippen LogP contribution in [0.2, 0.25) is 0 Å². The van der Waals surface area contributed by atoms with E-state index in [1.54, 1.807) is 0 Å². The molecule has 4 nitrogen and oxygen atoms in total. The summed E-state index contributed by atoms with van der Waals surface area (Å²) in [7, 11) is 0. The molecule has 1 aliphatic rings. The molecule has 0 spiro atoms. The van der Waals surface area contributed by atoms with Gasteiger partial charge in [0.1, 0.15) is 11.9 Å². The van der Waals surface area contributed by atoms with Crippen LogP contribution in [-0.2, 0) is 0 Å². The molecule has 0 fully saturated rings. The summed E-state index contributed by atoms with van der Waals surface area (Å²) in [6.07, 6.45) is 5.62. The highest BCUT2D eigenvalue weighted by Gasteiger charge is 2.13. The number of rotatable bonds is 1. The van der Waals surface area contributed by atoms with Crippen molar-refractivity contribution in [3.63, 3.8) is 0 Å². The van der Waals surface area contributed by atoms with E-state index in [9.17, 15) is 0 Å². The molecule has 0 saturated heterocycles. The van der Waals surface area contributed by atoms with Crippen molar-refractivity contribution in [2.75, 3.05) is 0 Å². The zero-order chi connectivity index (χ0) is 11.0. The van der Waals surface area contributed by atoms with E-state index >= 15 is 0 Å². The van der Waals surface area contributed by atoms with Crippen LogP contribution >= 0.6 is 0 Å². The summed E-state index contributed by atoms with van der Waals surface area (Å²) in [4.78, 5) is 7.80. The predicted molar refractivity (Wildman–Crippen MR) is 63.4 cm³/mol. The zero-order valence-corrected chi connectivity index (χ0v) is 8.64. The number of para-hydroxylation sites is 2. The number of nitrogens with zero attached hydrogens (tertiary/aromatic N) is 1. The number of aromatic nitrogens is 2. The first-order chi connectivity index (χ1) is 7.83. The third-order valence-electron chi connectivity index (χ3n) is 2.61. The Bertz CT molecular complexity index is 546. The van der Waals surface area contributed by atoms with Gasteiger partial charge in [-0.25, -0.2) is 4.98 Å². The van der Waals surface area contributed by atoms with Gasteiger partial charge in [-0.05, 0) is 30.5 Å². The lowest BCUT2D eigenvalue weighted by molar-refractivity contribution is 0.698. The van der Waals surface area contributed by atoms with Crippen LogP contribution in [0, 0.1) is 0 Å². The molecule has 80 valence electrons. The Labute approximate surface area is 92.9 Å². The van der Waals surface area contributed by atoms with Crippen molar-refractivity contribution in [1.82, 2.24) is 15.3 Å². The van der Waals surface area contributed by atoms with E-state index in [2.05, 4.69) is 15.3 Å². The minimum atomic E-state index is 0.0254. The van der Waals surface area contributed by atoms with Crippen molar-refractivity contribution in [2.45, 2.75) is 6.04 Å². The Balaban J connectivity index is 2.03. The molecular weight excluding hydrogens is 200 g/mol. The number of hydrogen-bond acceptors (Lipinski definition) is 3. The predicted octanol–water partition coefficient (Wildman–Crippen LogP) is 1.56. The van der Waals surface area contributed by atoms with Crippen LogP contribution in [0.5, 0.6) is 0 Å². The van der Waals surface area contributed by atoms with E-state index in [0.29, 0.717) is 0 Å². The molecule has 1 unspecified atom stereocenters. The third kappa shape index (κ3) is 1.44. The van der Waals surface area contributed by atoms with Crippen molar-refractivity contribution in [3.05, 3.63) is 54.1 Å².